The molecule has 1 N–H and O–H groups in total. The van der Waals surface area contributed by atoms with Crippen molar-refractivity contribution in [2.45, 2.75) is 0 Å². The van der Waals surface area contributed by atoms with E-state index >= 15 is 0 Å². The first-order valence-corrected chi connectivity index (χ1v) is 10.4. The van der Waals surface area contributed by atoms with E-state index < -0.39 is 11.9 Å². The fraction of sp³-hybridized carbons (Fsp3) is 0.0455. The lowest BCUT2D eigenvalue weighted by Crippen LogP contribution is -2.18. The maximum absolute atomic E-state index is 12.4. The van der Waals surface area contributed by atoms with Gasteiger partial charge in [0, 0.05) is 9.50 Å². The molecule has 0 fully saturated rings. The first-order chi connectivity index (χ1) is 14.9. The summed E-state index contributed by atoms with van der Waals surface area (Å²) in [4.78, 5) is 24.5. The average molecular weight is 522 g/mol. The van der Waals surface area contributed by atoms with E-state index in [0.717, 1.165) is 4.47 Å². The molecule has 158 valence electrons. The summed E-state index contributed by atoms with van der Waals surface area (Å²) in [6.45, 7) is 0. The van der Waals surface area contributed by atoms with E-state index in [2.05, 4.69) is 26.5 Å². The average Bonchev–Trinajstić information content (AvgIpc) is 2.74. The molecular formula is C22H15BrCl2N2O4. The Bertz CT molecular complexity index is 1170. The number of nitrogens with one attached hydrogen (secondary N) is 1. The number of hydrazone groups is 1. The van der Waals surface area contributed by atoms with Crippen LogP contribution < -0.4 is 14.9 Å². The number of halogens is 3. The number of hydrogen-bond donors (Lipinski definition) is 1. The highest BCUT2D eigenvalue weighted by Crippen LogP contribution is 2.28. The van der Waals surface area contributed by atoms with Crippen molar-refractivity contribution in [1.29, 1.82) is 0 Å². The van der Waals surface area contributed by atoms with Crippen molar-refractivity contribution in [3.05, 3.63) is 91.9 Å². The molecule has 9 heteroatoms. The Morgan fingerprint density at radius 3 is 2.55 bits per heavy atom. The molecule has 0 spiro atoms. The van der Waals surface area contributed by atoms with Gasteiger partial charge in [-0.25, -0.2) is 10.2 Å². The number of hydrogen-bond acceptors (Lipinski definition) is 5. The Morgan fingerprint density at radius 1 is 1.03 bits per heavy atom. The third-order valence-electron chi connectivity index (χ3n) is 4.01. The maximum atomic E-state index is 12.4. The number of carbonyl (C=O) groups excluding carboxylic acids is 2. The fourth-order valence-electron chi connectivity index (χ4n) is 2.52. The van der Waals surface area contributed by atoms with Crippen molar-refractivity contribution in [3.63, 3.8) is 0 Å². The Kier molecular flexibility index (Phi) is 7.68. The topological polar surface area (TPSA) is 77.0 Å². The minimum Gasteiger partial charge on any atom is -0.493 e. The van der Waals surface area contributed by atoms with E-state index in [4.69, 9.17) is 32.7 Å². The number of amides is 1. The molecule has 0 radical (unpaired) electrons. The SMILES string of the molecule is COc1cc(/C=N\NC(=O)c2ccc(Cl)cc2Cl)ccc1OC(=O)c1cccc(Br)c1. The molecule has 0 saturated heterocycles. The van der Waals surface area contributed by atoms with Gasteiger partial charge in [-0.3, -0.25) is 4.79 Å². The normalized spacial score (nSPS) is 10.7. The number of nitrogens with zero attached hydrogens (tertiary/aromatic N) is 1. The number of esters is 1. The lowest BCUT2D eigenvalue weighted by molar-refractivity contribution is 0.0729. The molecule has 0 heterocycles. The predicted octanol–water partition coefficient (Wildman–Crippen LogP) is 5.75. The molecule has 0 unspecified atom stereocenters. The van der Waals surface area contributed by atoms with Crippen LogP contribution in [0.5, 0.6) is 11.5 Å². The van der Waals surface area contributed by atoms with Gasteiger partial charge in [0.2, 0.25) is 0 Å². The van der Waals surface area contributed by atoms with Crippen molar-refractivity contribution in [2.24, 2.45) is 5.10 Å². The summed E-state index contributed by atoms with van der Waals surface area (Å²) in [5.41, 5.74) is 3.64. The Morgan fingerprint density at radius 2 is 1.84 bits per heavy atom. The molecule has 3 rings (SSSR count). The highest BCUT2D eigenvalue weighted by molar-refractivity contribution is 9.10. The van der Waals surface area contributed by atoms with Crippen LogP contribution in [0, 0.1) is 0 Å². The maximum Gasteiger partial charge on any atom is 0.343 e. The molecular weight excluding hydrogens is 507 g/mol. The molecule has 0 bridgehead atoms. The molecule has 31 heavy (non-hydrogen) atoms. The van der Waals surface area contributed by atoms with Crippen molar-refractivity contribution < 1.29 is 19.1 Å². The lowest BCUT2D eigenvalue weighted by Gasteiger charge is -2.10. The van der Waals surface area contributed by atoms with Crippen LogP contribution in [0.15, 0.2) is 70.2 Å². The van der Waals surface area contributed by atoms with Gasteiger partial charge in [-0.2, -0.15) is 5.10 Å². The van der Waals surface area contributed by atoms with E-state index in [9.17, 15) is 9.59 Å². The summed E-state index contributed by atoms with van der Waals surface area (Å²) in [5, 5.41) is 4.57. The van der Waals surface area contributed by atoms with E-state index in [1.54, 1.807) is 42.5 Å². The summed E-state index contributed by atoms with van der Waals surface area (Å²) in [6.07, 6.45) is 1.42. The van der Waals surface area contributed by atoms with Gasteiger partial charge < -0.3 is 9.47 Å². The lowest BCUT2D eigenvalue weighted by atomic mass is 10.2. The van der Waals surface area contributed by atoms with Gasteiger partial charge in [0.1, 0.15) is 0 Å². The van der Waals surface area contributed by atoms with Crippen molar-refractivity contribution in [2.75, 3.05) is 7.11 Å². The summed E-state index contributed by atoms with van der Waals surface area (Å²) in [6, 6.07) is 16.3. The highest BCUT2D eigenvalue weighted by Gasteiger charge is 2.13. The molecule has 3 aromatic rings. The smallest absolute Gasteiger partial charge is 0.343 e. The molecule has 0 aliphatic rings. The Balaban J connectivity index is 1.69. The third-order valence-corrected chi connectivity index (χ3v) is 5.05. The fourth-order valence-corrected chi connectivity index (χ4v) is 3.42. The van der Waals surface area contributed by atoms with Crippen LogP contribution in [0.25, 0.3) is 0 Å². The van der Waals surface area contributed by atoms with Crippen LogP contribution in [0.2, 0.25) is 10.0 Å². The van der Waals surface area contributed by atoms with E-state index in [1.807, 2.05) is 6.07 Å². The summed E-state index contributed by atoms with van der Waals surface area (Å²) >= 11 is 15.2. The second-order valence-corrected chi connectivity index (χ2v) is 7.89. The van der Waals surface area contributed by atoms with Crippen LogP contribution in [0.1, 0.15) is 26.3 Å². The van der Waals surface area contributed by atoms with Gasteiger partial charge in [0.25, 0.3) is 5.91 Å². The summed E-state index contributed by atoms with van der Waals surface area (Å²) in [5.74, 6) is -0.418. The number of benzene rings is 3. The van der Waals surface area contributed by atoms with Gasteiger partial charge in [0.05, 0.1) is 29.5 Å². The standard InChI is InChI=1S/C22H15BrCl2N2O4/c1-30-20-9-13(12-26-27-21(28)17-7-6-16(24)11-18(17)25)5-8-19(20)31-22(29)14-3-2-4-15(23)10-14/h2-12H,1H3,(H,27,28)/b26-12-. The Hall–Kier alpha value is -2.87. The molecule has 6 nitrogen and oxygen atoms in total. The van der Waals surface area contributed by atoms with Gasteiger partial charge in [0.15, 0.2) is 11.5 Å². The van der Waals surface area contributed by atoms with Gasteiger partial charge in [-0.05, 0) is 60.2 Å². The second-order valence-electron chi connectivity index (χ2n) is 6.13. The number of carbonyl (C=O) groups is 2. The van der Waals surface area contributed by atoms with Crippen LogP contribution in [0.3, 0.4) is 0 Å². The third kappa shape index (κ3) is 6.07. The van der Waals surface area contributed by atoms with Crippen LogP contribution >= 0.6 is 39.1 Å². The first kappa shape index (κ1) is 22.8. The predicted molar refractivity (Wildman–Crippen MR) is 124 cm³/mol. The highest BCUT2D eigenvalue weighted by atomic mass is 79.9. The molecule has 3 aromatic carbocycles. The van der Waals surface area contributed by atoms with Crippen LogP contribution in [-0.2, 0) is 0 Å². The number of rotatable bonds is 6. The van der Waals surface area contributed by atoms with E-state index in [1.165, 1.54) is 25.5 Å². The van der Waals surface area contributed by atoms with Gasteiger partial charge in [-0.15, -0.1) is 0 Å². The molecule has 0 aliphatic carbocycles. The zero-order valence-corrected chi connectivity index (χ0v) is 19.2. The molecule has 0 saturated carbocycles. The van der Waals surface area contributed by atoms with Crippen molar-refractivity contribution in [1.82, 2.24) is 5.43 Å². The number of ether oxygens (including phenoxy) is 2. The van der Waals surface area contributed by atoms with Crippen molar-refractivity contribution in [3.8, 4) is 11.5 Å². The van der Waals surface area contributed by atoms with Gasteiger partial charge >= 0.3 is 5.97 Å². The Labute approximate surface area is 196 Å². The van der Waals surface area contributed by atoms with E-state index in [0.29, 0.717) is 21.9 Å². The van der Waals surface area contributed by atoms with Crippen LogP contribution in [0.4, 0.5) is 0 Å². The zero-order chi connectivity index (χ0) is 22.4. The minimum absolute atomic E-state index is 0.221. The minimum atomic E-state index is -0.520. The second kappa shape index (κ2) is 10.4. The number of methoxy groups -OCH3 is 1. The molecule has 1 amide bonds. The zero-order valence-electron chi connectivity index (χ0n) is 16.1. The van der Waals surface area contributed by atoms with Crippen LogP contribution in [-0.4, -0.2) is 25.2 Å². The molecule has 0 atom stereocenters. The van der Waals surface area contributed by atoms with Gasteiger partial charge in [-0.1, -0.05) is 45.2 Å². The first-order valence-electron chi connectivity index (χ1n) is 8.81. The summed E-state index contributed by atoms with van der Waals surface area (Å²) < 4.78 is 11.5. The van der Waals surface area contributed by atoms with Crippen molar-refractivity contribution >= 4 is 57.2 Å². The molecule has 0 aromatic heterocycles. The van der Waals surface area contributed by atoms with E-state index in [-0.39, 0.29) is 16.3 Å². The monoisotopic (exact) mass is 520 g/mol. The quantitative estimate of drug-likeness (QED) is 0.194. The molecule has 0 aliphatic heterocycles. The largest absolute Gasteiger partial charge is 0.493 e. The summed E-state index contributed by atoms with van der Waals surface area (Å²) in [7, 11) is 1.46.